The Morgan fingerprint density at radius 3 is 2.60 bits per heavy atom. The van der Waals surface area contributed by atoms with Crippen molar-refractivity contribution in [3.63, 3.8) is 0 Å². The molecule has 0 aromatic carbocycles. The molecule has 0 atom stereocenters. The van der Waals surface area contributed by atoms with Crippen molar-refractivity contribution in [2.75, 3.05) is 0 Å². The Kier molecular flexibility index (Phi) is 2.68. The van der Waals surface area contributed by atoms with E-state index in [-0.39, 0.29) is 5.56 Å². The normalized spacial score (nSPS) is 16.0. The molecule has 0 amide bonds. The molecule has 0 saturated heterocycles. The summed E-state index contributed by atoms with van der Waals surface area (Å²) in [7, 11) is 0. The molecule has 1 aromatic heterocycles. The number of nitrogens with zero attached hydrogens (tertiary/aromatic N) is 1. The lowest BCUT2D eigenvalue weighted by Crippen LogP contribution is -2.26. The predicted molar refractivity (Wildman–Crippen MR) is 62.3 cm³/mol. The number of hydrogen-bond acceptors (Lipinski definition) is 1. The van der Waals surface area contributed by atoms with E-state index >= 15 is 0 Å². The highest BCUT2D eigenvalue weighted by Crippen LogP contribution is 2.31. The van der Waals surface area contributed by atoms with Gasteiger partial charge in [0.2, 0.25) is 0 Å². The molecular weight excluding hydrogens is 186 g/mol. The molecule has 2 heteroatoms. The lowest BCUT2D eigenvalue weighted by molar-refractivity contribution is 0.559. The molecule has 1 aliphatic rings. The Morgan fingerprint density at radius 1 is 1.40 bits per heavy atom. The zero-order chi connectivity index (χ0) is 11.0. The van der Waals surface area contributed by atoms with Crippen LogP contribution in [0.25, 0.3) is 0 Å². The summed E-state index contributed by atoms with van der Waals surface area (Å²) in [6.45, 7) is 7.12. The quantitative estimate of drug-likeness (QED) is 0.743. The molecule has 0 bridgehead atoms. The van der Waals surface area contributed by atoms with Crippen LogP contribution in [0.1, 0.15) is 43.9 Å². The van der Waals surface area contributed by atoms with Gasteiger partial charge in [-0.15, -0.1) is 0 Å². The van der Waals surface area contributed by atoms with Crippen LogP contribution >= 0.6 is 0 Å². The van der Waals surface area contributed by atoms with Gasteiger partial charge in [0.25, 0.3) is 5.56 Å². The van der Waals surface area contributed by atoms with Crippen molar-refractivity contribution in [2.24, 2.45) is 5.92 Å². The summed E-state index contributed by atoms with van der Waals surface area (Å²) in [6.07, 6.45) is 2.58. The molecule has 1 heterocycles. The lowest BCUT2D eigenvalue weighted by Gasteiger charge is -2.15. The monoisotopic (exact) mass is 205 g/mol. The number of aromatic nitrogens is 1. The summed E-state index contributed by atoms with van der Waals surface area (Å²) in [5.41, 5.74) is 2.24. The molecule has 0 unspecified atom stereocenters. The maximum atomic E-state index is 12.0. The molecule has 0 N–H and O–H groups in total. The van der Waals surface area contributed by atoms with Gasteiger partial charge < -0.3 is 4.57 Å². The molecule has 2 nitrogen and oxygen atoms in total. The van der Waals surface area contributed by atoms with Crippen LogP contribution in [0.15, 0.2) is 16.9 Å². The zero-order valence-electron chi connectivity index (χ0n) is 9.79. The van der Waals surface area contributed by atoms with Gasteiger partial charge in [0, 0.05) is 17.8 Å². The summed E-state index contributed by atoms with van der Waals surface area (Å²) in [5.74, 6) is 1.18. The van der Waals surface area contributed by atoms with Gasteiger partial charge in [0.1, 0.15) is 0 Å². The first-order chi connectivity index (χ1) is 7.09. The molecule has 2 rings (SSSR count). The van der Waals surface area contributed by atoms with Crippen molar-refractivity contribution in [2.45, 2.75) is 46.1 Å². The third-order valence-electron chi connectivity index (χ3n) is 3.13. The van der Waals surface area contributed by atoms with Crippen molar-refractivity contribution in [1.82, 2.24) is 4.57 Å². The molecule has 1 aromatic rings. The molecule has 0 radical (unpaired) electrons. The maximum Gasteiger partial charge on any atom is 0.253 e. The van der Waals surface area contributed by atoms with Gasteiger partial charge >= 0.3 is 0 Å². The highest BCUT2D eigenvalue weighted by Gasteiger charge is 2.23. The van der Waals surface area contributed by atoms with Crippen molar-refractivity contribution >= 4 is 0 Å². The smallest absolute Gasteiger partial charge is 0.253 e. The Hall–Kier alpha value is -1.05. The second-order valence-electron chi connectivity index (χ2n) is 4.96. The van der Waals surface area contributed by atoms with E-state index < -0.39 is 0 Å². The van der Waals surface area contributed by atoms with Crippen molar-refractivity contribution < 1.29 is 0 Å². The lowest BCUT2D eigenvalue weighted by atomic mass is 10.1. The van der Waals surface area contributed by atoms with E-state index in [9.17, 15) is 4.79 Å². The molecule has 0 spiro atoms. The van der Waals surface area contributed by atoms with E-state index in [1.165, 1.54) is 18.5 Å². The Morgan fingerprint density at radius 2 is 2.07 bits per heavy atom. The Balaban J connectivity index is 2.44. The van der Waals surface area contributed by atoms with Crippen molar-refractivity contribution in [3.8, 4) is 0 Å². The molecular formula is C13H19NO. The van der Waals surface area contributed by atoms with E-state index in [0.29, 0.717) is 5.92 Å². The van der Waals surface area contributed by atoms with Crippen LogP contribution < -0.4 is 5.56 Å². The number of hydrogen-bond donors (Lipinski definition) is 0. The average Bonchev–Trinajstić information content (AvgIpc) is 2.96. The van der Waals surface area contributed by atoms with Crippen LogP contribution in [0, 0.1) is 12.8 Å². The largest absolute Gasteiger partial charge is 0.312 e. The van der Waals surface area contributed by atoms with Crippen molar-refractivity contribution in [1.29, 1.82) is 0 Å². The van der Waals surface area contributed by atoms with Gasteiger partial charge in [-0.3, -0.25) is 4.79 Å². The van der Waals surface area contributed by atoms with E-state index in [4.69, 9.17) is 0 Å². The first-order valence-corrected chi connectivity index (χ1v) is 5.80. The van der Waals surface area contributed by atoms with Crippen molar-refractivity contribution in [3.05, 3.63) is 33.7 Å². The maximum absolute atomic E-state index is 12.0. The summed E-state index contributed by atoms with van der Waals surface area (Å²) in [6, 6.07) is 4.05. The van der Waals surface area contributed by atoms with Crippen LogP contribution in [-0.4, -0.2) is 4.57 Å². The first-order valence-electron chi connectivity index (χ1n) is 5.80. The van der Waals surface area contributed by atoms with Gasteiger partial charge in [-0.1, -0.05) is 19.9 Å². The molecule has 1 saturated carbocycles. The SMILES string of the molecule is Cc1ccc(C(C)C)n(CC2CC2)c1=O. The molecule has 82 valence electrons. The summed E-state index contributed by atoms with van der Waals surface area (Å²) in [4.78, 5) is 12.0. The van der Waals surface area contributed by atoms with Crippen LogP contribution in [0.4, 0.5) is 0 Å². The molecule has 0 aliphatic heterocycles. The summed E-state index contributed by atoms with van der Waals surface area (Å²) < 4.78 is 1.98. The minimum atomic E-state index is 0.202. The third-order valence-corrected chi connectivity index (χ3v) is 3.13. The fraction of sp³-hybridized carbons (Fsp3) is 0.615. The second kappa shape index (κ2) is 3.84. The fourth-order valence-corrected chi connectivity index (χ4v) is 1.95. The molecule has 1 aliphatic carbocycles. The van der Waals surface area contributed by atoms with E-state index in [2.05, 4.69) is 19.9 Å². The van der Waals surface area contributed by atoms with E-state index in [1.807, 2.05) is 17.6 Å². The predicted octanol–water partition coefficient (Wildman–Crippen LogP) is 2.69. The second-order valence-corrected chi connectivity index (χ2v) is 4.96. The fourth-order valence-electron chi connectivity index (χ4n) is 1.95. The number of pyridine rings is 1. The molecule has 15 heavy (non-hydrogen) atoms. The Labute approximate surface area is 90.9 Å². The van der Waals surface area contributed by atoms with Crippen LogP contribution in [0.3, 0.4) is 0 Å². The highest BCUT2D eigenvalue weighted by molar-refractivity contribution is 5.17. The summed E-state index contributed by atoms with van der Waals surface area (Å²) >= 11 is 0. The van der Waals surface area contributed by atoms with Gasteiger partial charge in [-0.2, -0.15) is 0 Å². The number of rotatable bonds is 3. The zero-order valence-corrected chi connectivity index (χ0v) is 9.79. The molecule has 1 fully saturated rings. The third kappa shape index (κ3) is 2.14. The van der Waals surface area contributed by atoms with Gasteiger partial charge in [-0.05, 0) is 37.7 Å². The highest BCUT2D eigenvalue weighted by atomic mass is 16.1. The minimum absolute atomic E-state index is 0.202. The van der Waals surface area contributed by atoms with E-state index in [1.54, 1.807) is 0 Å². The standard InChI is InChI=1S/C13H19NO/c1-9(2)12-7-4-10(3)13(15)14(12)8-11-5-6-11/h4,7,9,11H,5-6,8H2,1-3H3. The first kappa shape index (κ1) is 10.5. The van der Waals surface area contributed by atoms with Gasteiger partial charge in [0.05, 0.1) is 0 Å². The van der Waals surface area contributed by atoms with Gasteiger partial charge in [0.15, 0.2) is 0 Å². The summed E-state index contributed by atoms with van der Waals surface area (Å²) in [5, 5.41) is 0. The average molecular weight is 205 g/mol. The van der Waals surface area contributed by atoms with Gasteiger partial charge in [-0.25, -0.2) is 0 Å². The van der Waals surface area contributed by atoms with Crippen LogP contribution in [0.2, 0.25) is 0 Å². The van der Waals surface area contributed by atoms with Crippen LogP contribution in [-0.2, 0) is 6.54 Å². The van der Waals surface area contributed by atoms with Crippen LogP contribution in [0.5, 0.6) is 0 Å². The van der Waals surface area contributed by atoms with E-state index in [0.717, 1.165) is 18.0 Å². The minimum Gasteiger partial charge on any atom is -0.312 e. The number of aryl methyl sites for hydroxylation is 1. The Bertz CT molecular complexity index is 413. The topological polar surface area (TPSA) is 22.0 Å².